The zero-order valence-electron chi connectivity index (χ0n) is 18.9. The molecule has 34 heavy (non-hydrogen) atoms. The molecule has 0 bridgehead atoms. The minimum atomic E-state index is -3.57. The maximum absolute atomic E-state index is 13.0. The van der Waals surface area contributed by atoms with Crippen molar-refractivity contribution in [1.29, 1.82) is 0 Å². The highest BCUT2D eigenvalue weighted by molar-refractivity contribution is 7.89. The molecule has 1 heterocycles. The van der Waals surface area contributed by atoms with Gasteiger partial charge in [0.2, 0.25) is 15.9 Å². The lowest BCUT2D eigenvalue weighted by molar-refractivity contribution is -0.120. The lowest BCUT2D eigenvalue weighted by Gasteiger charge is -2.30. The molecule has 2 N–H and O–H groups in total. The summed E-state index contributed by atoms with van der Waals surface area (Å²) >= 11 is 0. The Hall–Kier alpha value is -3.49. The fourth-order valence-corrected chi connectivity index (χ4v) is 5.54. The summed E-state index contributed by atoms with van der Waals surface area (Å²) in [6.45, 7) is 2.48. The van der Waals surface area contributed by atoms with Crippen molar-refractivity contribution in [1.82, 2.24) is 4.31 Å². The predicted octanol–water partition coefficient (Wildman–Crippen LogP) is 4.29. The number of sulfonamides is 1. The van der Waals surface area contributed by atoms with Gasteiger partial charge in [-0.15, -0.1) is 0 Å². The third-order valence-electron chi connectivity index (χ3n) is 5.91. The van der Waals surface area contributed by atoms with Gasteiger partial charge in [-0.3, -0.25) is 9.59 Å². The van der Waals surface area contributed by atoms with Crippen molar-refractivity contribution in [3.05, 3.63) is 90.0 Å². The Morgan fingerprint density at radius 1 is 0.853 bits per heavy atom. The molecule has 176 valence electrons. The van der Waals surface area contributed by atoms with Crippen LogP contribution in [-0.2, 0) is 14.8 Å². The summed E-state index contributed by atoms with van der Waals surface area (Å²) in [6, 6.07) is 22.7. The highest BCUT2D eigenvalue weighted by Crippen LogP contribution is 2.26. The van der Waals surface area contributed by atoms with E-state index < -0.39 is 10.0 Å². The molecule has 3 aromatic carbocycles. The van der Waals surface area contributed by atoms with Crippen LogP contribution >= 0.6 is 0 Å². The number of carbonyl (C=O) groups is 2. The first-order chi connectivity index (χ1) is 16.3. The molecule has 1 fully saturated rings. The molecule has 0 aromatic heterocycles. The molecule has 7 nitrogen and oxygen atoms in total. The van der Waals surface area contributed by atoms with E-state index in [0.717, 1.165) is 5.56 Å². The van der Waals surface area contributed by atoms with E-state index in [-0.39, 0.29) is 35.7 Å². The molecule has 0 unspecified atom stereocenters. The van der Waals surface area contributed by atoms with Gasteiger partial charge in [-0.25, -0.2) is 8.42 Å². The van der Waals surface area contributed by atoms with Gasteiger partial charge in [0.05, 0.1) is 16.1 Å². The quantitative estimate of drug-likeness (QED) is 0.554. The van der Waals surface area contributed by atoms with Crippen molar-refractivity contribution in [2.45, 2.75) is 24.7 Å². The second kappa shape index (κ2) is 10.2. The number of aryl methyl sites for hydroxylation is 1. The number of piperidine rings is 1. The smallest absolute Gasteiger partial charge is 0.257 e. The number of amides is 2. The third-order valence-corrected chi connectivity index (χ3v) is 7.82. The summed E-state index contributed by atoms with van der Waals surface area (Å²) < 4.78 is 27.1. The van der Waals surface area contributed by atoms with Crippen LogP contribution in [0.3, 0.4) is 0 Å². The molecule has 0 atom stereocenters. The van der Waals surface area contributed by atoms with Gasteiger partial charge in [0, 0.05) is 24.7 Å². The number of anilines is 2. The first-order valence-corrected chi connectivity index (χ1v) is 12.6. The van der Waals surface area contributed by atoms with Crippen LogP contribution in [0.1, 0.15) is 28.8 Å². The van der Waals surface area contributed by atoms with E-state index >= 15 is 0 Å². The predicted molar refractivity (Wildman–Crippen MR) is 132 cm³/mol. The third kappa shape index (κ3) is 5.35. The molecule has 0 radical (unpaired) electrons. The normalized spacial score (nSPS) is 15.0. The lowest BCUT2D eigenvalue weighted by atomic mass is 9.97. The summed E-state index contributed by atoms with van der Waals surface area (Å²) in [5, 5.41) is 5.74. The Morgan fingerprint density at radius 2 is 1.53 bits per heavy atom. The molecule has 1 aliphatic rings. The first kappa shape index (κ1) is 23.7. The molecule has 3 aromatic rings. The molecular weight excluding hydrogens is 450 g/mol. The Bertz CT molecular complexity index is 1280. The van der Waals surface area contributed by atoms with Crippen molar-refractivity contribution in [3.8, 4) is 0 Å². The summed E-state index contributed by atoms with van der Waals surface area (Å²) in [7, 11) is -3.57. The fraction of sp³-hybridized carbons (Fsp3) is 0.231. The largest absolute Gasteiger partial charge is 0.325 e. The molecule has 0 saturated carbocycles. The number of para-hydroxylation sites is 1. The highest BCUT2D eigenvalue weighted by atomic mass is 32.2. The number of benzene rings is 3. The zero-order chi connectivity index (χ0) is 24.1. The number of rotatable bonds is 6. The van der Waals surface area contributed by atoms with Gasteiger partial charge in [0.25, 0.3) is 5.91 Å². The number of carbonyl (C=O) groups excluding carboxylic acids is 2. The van der Waals surface area contributed by atoms with Crippen molar-refractivity contribution < 1.29 is 18.0 Å². The van der Waals surface area contributed by atoms with Gasteiger partial charge < -0.3 is 10.6 Å². The molecule has 1 aliphatic heterocycles. The van der Waals surface area contributed by atoms with Crippen molar-refractivity contribution in [2.24, 2.45) is 5.92 Å². The number of nitrogens with one attached hydrogen (secondary N) is 2. The summed E-state index contributed by atoms with van der Waals surface area (Å²) in [4.78, 5) is 26.1. The van der Waals surface area contributed by atoms with Crippen LogP contribution in [-0.4, -0.2) is 37.6 Å². The van der Waals surface area contributed by atoms with Crippen LogP contribution in [0.15, 0.2) is 83.8 Å². The molecule has 4 rings (SSSR count). The Kier molecular flexibility index (Phi) is 7.09. The summed E-state index contributed by atoms with van der Waals surface area (Å²) in [5.74, 6) is -0.868. The van der Waals surface area contributed by atoms with Crippen LogP contribution in [0.4, 0.5) is 11.4 Å². The van der Waals surface area contributed by atoms with E-state index in [2.05, 4.69) is 10.6 Å². The maximum Gasteiger partial charge on any atom is 0.257 e. The van der Waals surface area contributed by atoms with Gasteiger partial charge in [-0.05, 0) is 61.7 Å². The molecule has 1 saturated heterocycles. The van der Waals surface area contributed by atoms with Gasteiger partial charge >= 0.3 is 0 Å². The number of nitrogens with zero attached hydrogens (tertiary/aromatic N) is 1. The average molecular weight is 478 g/mol. The molecule has 0 spiro atoms. The van der Waals surface area contributed by atoms with Crippen LogP contribution in [0, 0.1) is 12.8 Å². The number of hydrogen-bond donors (Lipinski definition) is 2. The lowest BCUT2D eigenvalue weighted by Crippen LogP contribution is -2.41. The summed E-state index contributed by atoms with van der Waals surface area (Å²) in [5.41, 5.74) is 2.50. The highest BCUT2D eigenvalue weighted by Gasteiger charge is 2.32. The second-order valence-corrected chi connectivity index (χ2v) is 10.3. The average Bonchev–Trinajstić information content (AvgIpc) is 2.85. The molecule has 0 aliphatic carbocycles. The number of hydrogen-bond acceptors (Lipinski definition) is 4. The van der Waals surface area contributed by atoms with E-state index in [1.807, 2.05) is 31.2 Å². The van der Waals surface area contributed by atoms with E-state index in [9.17, 15) is 18.0 Å². The van der Waals surface area contributed by atoms with Gasteiger partial charge in [0.1, 0.15) is 0 Å². The van der Waals surface area contributed by atoms with Gasteiger partial charge in [-0.1, -0.05) is 42.5 Å². The fourth-order valence-electron chi connectivity index (χ4n) is 4.05. The summed E-state index contributed by atoms with van der Waals surface area (Å²) in [6.07, 6.45) is 0.825. The monoisotopic (exact) mass is 477 g/mol. The minimum absolute atomic E-state index is 0.215. The standard InChI is InChI=1S/C26H27N3O4S/c1-19-8-7-9-21(18-19)27-26(31)23-12-5-6-13-24(23)28-25(30)20-14-16-29(17-15-20)34(32,33)22-10-3-2-4-11-22/h2-13,18,20H,14-17H2,1H3,(H,27,31)(H,28,30). The van der Waals surface area contributed by atoms with E-state index in [0.29, 0.717) is 29.8 Å². The second-order valence-electron chi connectivity index (χ2n) is 8.35. The van der Waals surface area contributed by atoms with E-state index in [1.165, 1.54) is 4.31 Å². The Labute approximate surface area is 199 Å². The SMILES string of the molecule is Cc1cccc(NC(=O)c2ccccc2NC(=O)C2CCN(S(=O)(=O)c3ccccc3)CC2)c1. The van der Waals surface area contributed by atoms with Gasteiger partial charge in [0.15, 0.2) is 0 Å². The van der Waals surface area contributed by atoms with E-state index in [1.54, 1.807) is 54.6 Å². The maximum atomic E-state index is 13.0. The van der Waals surface area contributed by atoms with Gasteiger partial charge in [-0.2, -0.15) is 4.31 Å². The van der Waals surface area contributed by atoms with E-state index in [4.69, 9.17) is 0 Å². The van der Waals surface area contributed by atoms with Crippen LogP contribution < -0.4 is 10.6 Å². The van der Waals surface area contributed by atoms with Crippen molar-refractivity contribution in [3.63, 3.8) is 0 Å². The van der Waals surface area contributed by atoms with Crippen molar-refractivity contribution >= 4 is 33.2 Å². The van der Waals surface area contributed by atoms with Crippen LogP contribution in [0.5, 0.6) is 0 Å². The first-order valence-electron chi connectivity index (χ1n) is 11.2. The Morgan fingerprint density at radius 3 is 2.24 bits per heavy atom. The molecular formula is C26H27N3O4S. The Balaban J connectivity index is 1.40. The topological polar surface area (TPSA) is 95.6 Å². The molecule has 2 amide bonds. The van der Waals surface area contributed by atoms with Crippen molar-refractivity contribution in [2.75, 3.05) is 23.7 Å². The minimum Gasteiger partial charge on any atom is -0.325 e. The van der Waals surface area contributed by atoms with Crippen LogP contribution in [0.25, 0.3) is 0 Å². The van der Waals surface area contributed by atoms with Crippen LogP contribution in [0.2, 0.25) is 0 Å². The zero-order valence-corrected chi connectivity index (χ0v) is 19.7. The molecule has 8 heteroatoms.